The van der Waals surface area contributed by atoms with E-state index >= 15 is 0 Å². The smallest absolute Gasteiger partial charge is 0.234 e. The number of benzene rings is 2. The third-order valence-corrected chi connectivity index (χ3v) is 4.01. The molecule has 0 unspecified atom stereocenters. The Morgan fingerprint density at radius 1 is 1.13 bits per heavy atom. The van der Waals surface area contributed by atoms with Gasteiger partial charge >= 0.3 is 0 Å². The Kier molecular flexibility index (Phi) is 6.01. The summed E-state index contributed by atoms with van der Waals surface area (Å²) in [7, 11) is 0. The molecule has 0 spiro atoms. The number of nitrogens with one attached hydrogen (secondary N) is 2. The zero-order valence-electron chi connectivity index (χ0n) is 12.2. The first-order chi connectivity index (χ1) is 10.9. The number of carbonyl (C=O) groups excluding carboxylic acids is 2. The van der Waals surface area contributed by atoms with Gasteiger partial charge in [0.2, 0.25) is 11.8 Å². The van der Waals surface area contributed by atoms with E-state index in [1.54, 1.807) is 30.3 Å². The van der Waals surface area contributed by atoms with Gasteiger partial charge in [-0.25, -0.2) is 4.39 Å². The standard InChI is InChI=1S/C16H14ClFN2O2S/c1-10(21)19-11-3-2-4-12(7-11)20-16(22)9-23-13-5-6-15(18)14(17)8-13/h2-8H,9H2,1H3,(H,19,21)(H,20,22). The van der Waals surface area contributed by atoms with Crippen molar-refractivity contribution in [3.63, 3.8) is 0 Å². The molecule has 0 aliphatic heterocycles. The minimum atomic E-state index is -0.491. The molecule has 0 heterocycles. The van der Waals surface area contributed by atoms with Crippen molar-refractivity contribution < 1.29 is 14.0 Å². The fraction of sp³-hybridized carbons (Fsp3) is 0.125. The highest BCUT2D eigenvalue weighted by molar-refractivity contribution is 8.00. The average molecular weight is 353 g/mol. The molecule has 0 aliphatic carbocycles. The molecule has 120 valence electrons. The topological polar surface area (TPSA) is 58.2 Å². The lowest BCUT2D eigenvalue weighted by Crippen LogP contribution is -2.14. The van der Waals surface area contributed by atoms with Gasteiger partial charge in [0.1, 0.15) is 5.82 Å². The van der Waals surface area contributed by atoms with E-state index in [1.165, 1.54) is 30.8 Å². The summed E-state index contributed by atoms with van der Waals surface area (Å²) in [5.74, 6) is -0.727. The molecule has 2 aromatic rings. The second-order valence-electron chi connectivity index (χ2n) is 4.67. The number of hydrogen-bond acceptors (Lipinski definition) is 3. The van der Waals surface area contributed by atoms with Gasteiger partial charge in [-0.2, -0.15) is 0 Å². The summed E-state index contributed by atoms with van der Waals surface area (Å²) in [6.45, 7) is 1.41. The van der Waals surface area contributed by atoms with Gasteiger partial charge in [-0.1, -0.05) is 17.7 Å². The third kappa shape index (κ3) is 5.58. The van der Waals surface area contributed by atoms with Crippen LogP contribution in [-0.4, -0.2) is 17.6 Å². The molecule has 2 rings (SSSR count). The van der Waals surface area contributed by atoms with Gasteiger partial charge < -0.3 is 10.6 Å². The first-order valence-electron chi connectivity index (χ1n) is 6.69. The van der Waals surface area contributed by atoms with Crippen LogP contribution >= 0.6 is 23.4 Å². The summed E-state index contributed by atoms with van der Waals surface area (Å²) in [6, 6.07) is 11.2. The van der Waals surface area contributed by atoms with Crippen molar-refractivity contribution >= 4 is 46.6 Å². The van der Waals surface area contributed by atoms with Gasteiger partial charge in [0.25, 0.3) is 0 Å². The maximum absolute atomic E-state index is 13.1. The Hall–Kier alpha value is -2.05. The Labute approximate surface area is 142 Å². The lowest BCUT2D eigenvalue weighted by atomic mass is 10.2. The minimum absolute atomic E-state index is 0.0263. The molecule has 2 N–H and O–H groups in total. The highest BCUT2D eigenvalue weighted by Gasteiger charge is 2.07. The van der Waals surface area contributed by atoms with Crippen LogP contribution in [0.15, 0.2) is 47.4 Å². The Balaban J connectivity index is 1.91. The first-order valence-corrected chi connectivity index (χ1v) is 8.06. The predicted molar refractivity (Wildman–Crippen MR) is 91.5 cm³/mol. The predicted octanol–water partition coefficient (Wildman–Crippen LogP) is 4.17. The quantitative estimate of drug-likeness (QED) is 0.794. The molecule has 2 amide bonds. The molecule has 0 atom stereocenters. The van der Waals surface area contributed by atoms with Crippen LogP contribution in [0.25, 0.3) is 0 Å². The maximum Gasteiger partial charge on any atom is 0.234 e. The van der Waals surface area contributed by atoms with Crippen LogP contribution in [0.2, 0.25) is 5.02 Å². The molecular formula is C16H14ClFN2O2S. The zero-order chi connectivity index (χ0) is 16.8. The van der Waals surface area contributed by atoms with Gasteiger partial charge in [0.05, 0.1) is 10.8 Å². The molecule has 7 heteroatoms. The number of anilines is 2. The summed E-state index contributed by atoms with van der Waals surface area (Å²) in [5.41, 5.74) is 1.19. The number of hydrogen-bond donors (Lipinski definition) is 2. The largest absolute Gasteiger partial charge is 0.326 e. The Morgan fingerprint density at radius 3 is 2.48 bits per heavy atom. The van der Waals surface area contributed by atoms with Crippen molar-refractivity contribution in [1.82, 2.24) is 0 Å². The maximum atomic E-state index is 13.1. The number of amides is 2. The second kappa shape index (κ2) is 7.99. The van der Waals surface area contributed by atoms with Crippen molar-refractivity contribution in [2.75, 3.05) is 16.4 Å². The lowest BCUT2D eigenvalue weighted by molar-refractivity contribution is -0.114. The molecule has 0 aliphatic rings. The molecule has 0 saturated carbocycles. The van der Waals surface area contributed by atoms with Crippen LogP contribution < -0.4 is 10.6 Å². The average Bonchev–Trinajstić information content (AvgIpc) is 2.48. The number of carbonyl (C=O) groups is 2. The molecule has 4 nitrogen and oxygen atoms in total. The van der Waals surface area contributed by atoms with Crippen molar-refractivity contribution in [1.29, 1.82) is 0 Å². The van der Waals surface area contributed by atoms with Crippen molar-refractivity contribution in [3.8, 4) is 0 Å². The highest BCUT2D eigenvalue weighted by Crippen LogP contribution is 2.24. The fourth-order valence-corrected chi connectivity index (χ4v) is 2.77. The lowest BCUT2D eigenvalue weighted by Gasteiger charge is -2.08. The van der Waals surface area contributed by atoms with Gasteiger partial charge in [-0.05, 0) is 36.4 Å². The molecule has 0 saturated heterocycles. The first kappa shape index (κ1) is 17.3. The molecule has 23 heavy (non-hydrogen) atoms. The van der Waals surface area contributed by atoms with E-state index in [0.29, 0.717) is 16.3 Å². The summed E-state index contributed by atoms with van der Waals surface area (Å²) >= 11 is 6.95. The summed E-state index contributed by atoms with van der Waals surface area (Å²) in [6.07, 6.45) is 0. The summed E-state index contributed by atoms with van der Waals surface area (Å²) < 4.78 is 13.1. The van der Waals surface area contributed by atoms with E-state index in [9.17, 15) is 14.0 Å². The van der Waals surface area contributed by atoms with Crippen molar-refractivity contribution in [2.45, 2.75) is 11.8 Å². The molecule has 0 radical (unpaired) electrons. The van der Waals surface area contributed by atoms with E-state index in [0.717, 1.165) is 0 Å². The zero-order valence-corrected chi connectivity index (χ0v) is 13.8. The monoisotopic (exact) mass is 352 g/mol. The third-order valence-electron chi connectivity index (χ3n) is 2.73. The molecule has 0 aromatic heterocycles. The number of halogens is 2. The normalized spacial score (nSPS) is 10.2. The van der Waals surface area contributed by atoms with E-state index in [4.69, 9.17) is 11.6 Å². The molecule has 0 bridgehead atoms. The highest BCUT2D eigenvalue weighted by atomic mass is 35.5. The second-order valence-corrected chi connectivity index (χ2v) is 6.13. The van der Waals surface area contributed by atoms with E-state index in [1.807, 2.05) is 0 Å². The van der Waals surface area contributed by atoms with E-state index in [2.05, 4.69) is 10.6 Å². The Morgan fingerprint density at radius 2 is 1.83 bits per heavy atom. The number of rotatable bonds is 5. The van der Waals surface area contributed by atoms with E-state index < -0.39 is 5.82 Å². The SMILES string of the molecule is CC(=O)Nc1cccc(NC(=O)CSc2ccc(F)c(Cl)c2)c1. The van der Waals surface area contributed by atoms with Crippen LogP contribution in [0.4, 0.5) is 15.8 Å². The Bertz CT molecular complexity index is 740. The summed E-state index contributed by atoms with van der Waals surface area (Å²) in [5, 5.41) is 5.40. The van der Waals surface area contributed by atoms with Gasteiger partial charge in [0.15, 0.2) is 0 Å². The van der Waals surface area contributed by atoms with Gasteiger partial charge in [0, 0.05) is 23.2 Å². The fourth-order valence-electron chi connectivity index (χ4n) is 1.79. The van der Waals surface area contributed by atoms with Crippen LogP contribution in [-0.2, 0) is 9.59 Å². The van der Waals surface area contributed by atoms with E-state index in [-0.39, 0.29) is 22.6 Å². The minimum Gasteiger partial charge on any atom is -0.326 e. The van der Waals surface area contributed by atoms with Crippen LogP contribution in [0.5, 0.6) is 0 Å². The van der Waals surface area contributed by atoms with Crippen LogP contribution in [0, 0.1) is 5.82 Å². The summed E-state index contributed by atoms with van der Waals surface area (Å²) in [4.78, 5) is 23.7. The van der Waals surface area contributed by atoms with Crippen molar-refractivity contribution in [2.24, 2.45) is 0 Å². The van der Waals surface area contributed by atoms with Crippen molar-refractivity contribution in [3.05, 3.63) is 53.3 Å². The molecular weight excluding hydrogens is 339 g/mol. The van der Waals surface area contributed by atoms with Gasteiger partial charge in [-0.3, -0.25) is 9.59 Å². The molecule has 2 aromatic carbocycles. The van der Waals surface area contributed by atoms with Crippen LogP contribution in [0.1, 0.15) is 6.92 Å². The van der Waals surface area contributed by atoms with Gasteiger partial charge in [-0.15, -0.1) is 11.8 Å². The van der Waals surface area contributed by atoms with Crippen LogP contribution in [0.3, 0.4) is 0 Å². The number of thioether (sulfide) groups is 1. The molecule has 0 fully saturated rings.